The van der Waals surface area contributed by atoms with Gasteiger partial charge in [-0.1, -0.05) is 206 Å². The molecule has 0 N–H and O–H groups in total. The van der Waals surface area contributed by atoms with E-state index in [1.54, 1.807) is 0 Å². The fourth-order valence-electron chi connectivity index (χ4n) is 13.6. The van der Waals surface area contributed by atoms with Crippen LogP contribution in [0.3, 0.4) is 0 Å². The van der Waals surface area contributed by atoms with Gasteiger partial charge in [0.15, 0.2) is 0 Å². The van der Waals surface area contributed by atoms with Crippen LogP contribution in [0.1, 0.15) is 28.2 Å². The molecule has 0 radical (unpaired) electrons. The quantitative estimate of drug-likeness (QED) is 0.166. The lowest BCUT2D eigenvalue weighted by Gasteiger charge is -2.36. The van der Waals surface area contributed by atoms with Gasteiger partial charge >= 0.3 is 0 Å². The molecular formula is C71H46N2O. The average Bonchev–Trinajstić information content (AvgIpc) is 4.35. The van der Waals surface area contributed by atoms with Crippen molar-refractivity contribution in [1.29, 1.82) is 0 Å². The highest BCUT2D eigenvalue weighted by atomic mass is 16.3. The first-order chi connectivity index (χ1) is 36.7. The summed E-state index contributed by atoms with van der Waals surface area (Å²) in [5.41, 5.74) is 20.9. The minimum absolute atomic E-state index is 0.235. The number of nitrogens with zero attached hydrogens (tertiary/aromatic N) is 2. The van der Waals surface area contributed by atoms with Gasteiger partial charge in [-0.05, 0) is 111 Å². The second-order valence-corrected chi connectivity index (χ2v) is 20.3. The third-order valence-electron chi connectivity index (χ3n) is 16.7. The lowest BCUT2D eigenvalue weighted by molar-refractivity contribution is 0.465. The second kappa shape index (κ2) is 15.8. The van der Waals surface area contributed by atoms with E-state index in [2.05, 4.69) is 276 Å². The van der Waals surface area contributed by atoms with Gasteiger partial charge in [-0.2, -0.15) is 0 Å². The van der Waals surface area contributed by atoms with E-state index < -0.39 is 0 Å². The molecule has 3 aliphatic rings. The van der Waals surface area contributed by atoms with E-state index in [1.165, 1.54) is 60.6 Å². The third-order valence-corrected chi connectivity index (χ3v) is 16.7. The molecule has 0 saturated heterocycles. The topological polar surface area (TPSA) is 21.3 Å². The Kier molecular flexibility index (Phi) is 8.79. The minimum atomic E-state index is -0.357. The van der Waals surface area contributed by atoms with Gasteiger partial charge in [0.05, 0.1) is 22.1 Å². The smallest absolute Gasteiger partial charge is 0.143 e. The Hall–Kier alpha value is -9.44. The highest BCUT2D eigenvalue weighted by molar-refractivity contribution is 6.17. The van der Waals surface area contributed by atoms with Crippen molar-refractivity contribution in [3.05, 3.63) is 289 Å². The van der Waals surface area contributed by atoms with Gasteiger partial charge in [-0.25, -0.2) is 0 Å². The third kappa shape index (κ3) is 5.72. The zero-order valence-corrected chi connectivity index (χ0v) is 40.4. The molecule has 3 heteroatoms. The van der Waals surface area contributed by atoms with E-state index in [0.29, 0.717) is 0 Å². The molecule has 2 heterocycles. The summed E-state index contributed by atoms with van der Waals surface area (Å²) in [7, 11) is 0. The van der Waals surface area contributed by atoms with E-state index in [-0.39, 0.29) is 17.3 Å². The standard InChI is InChI=1S/C71H46N2O/c1-2-22-52-46(17-1)39-42-59-58-29-15-28-53(70(58)74-69(52)59)48-19-14-20-50(44-48)72(49-40-37-45(38-41-49)47-18-13-21-51(43-47)73-65-34-11-6-25-56(65)57-26-7-12-35-66(57)73)67-36-16-33-64-68(67)60-27-5-10-32-63(60)71(64)61-30-8-3-23-54(61)55-24-4-9-31-62(55)71/h1-44,54,61H. The summed E-state index contributed by atoms with van der Waals surface area (Å²) < 4.78 is 9.35. The molecule has 346 valence electrons. The number of furan rings is 1. The maximum atomic E-state index is 6.95. The van der Waals surface area contributed by atoms with E-state index in [4.69, 9.17) is 4.42 Å². The summed E-state index contributed by atoms with van der Waals surface area (Å²) in [6, 6.07) is 89.7. The molecule has 3 aliphatic carbocycles. The molecule has 16 rings (SSSR count). The van der Waals surface area contributed by atoms with Crippen molar-refractivity contribution in [1.82, 2.24) is 4.57 Å². The summed E-state index contributed by atoms with van der Waals surface area (Å²) in [6.45, 7) is 0. The second-order valence-electron chi connectivity index (χ2n) is 20.3. The average molecular weight is 943 g/mol. The van der Waals surface area contributed by atoms with Gasteiger partial charge in [0.1, 0.15) is 11.2 Å². The molecule has 13 aromatic rings. The van der Waals surface area contributed by atoms with E-state index in [9.17, 15) is 0 Å². The predicted octanol–water partition coefficient (Wildman–Crippen LogP) is 18.8. The number of anilines is 3. The fourth-order valence-corrected chi connectivity index (χ4v) is 13.6. The van der Waals surface area contributed by atoms with Crippen molar-refractivity contribution in [3.8, 4) is 39.1 Å². The summed E-state index contributed by atoms with van der Waals surface area (Å²) in [6.07, 6.45) is 9.40. The summed E-state index contributed by atoms with van der Waals surface area (Å²) in [5, 5.41) is 7.07. The summed E-state index contributed by atoms with van der Waals surface area (Å²) in [4.78, 5) is 2.50. The van der Waals surface area contributed by atoms with Crippen LogP contribution in [0.15, 0.2) is 271 Å². The van der Waals surface area contributed by atoms with Crippen LogP contribution in [0, 0.1) is 5.92 Å². The van der Waals surface area contributed by atoms with Gasteiger partial charge in [0, 0.05) is 67.0 Å². The molecule has 3 unspecified atom stereocenters. The lowest BCUT2D eigenvalue weighted by Crippen LogP contribution is -2.33. The van der Waals surface area contributed by atoms with Crippen molar-refractivity contribution in [2.24, 2.45) is 5.92 Å². The fraction of sp³-hybridized carbons (Fsp3) is 0.0423. The number of benzene rings is 11. The van der Waals surface area contributed by atoms with Crippen LogP contribution in [0.25, 0.3) is 93.6 Å². The van der Waals surface area contributed by atoms with E-state index in [1.807, 2.05) is 0 Å². The highest BCUT2D eigenvalue weighted by Crippen LogP contribution is 2.67. The van der Waals surface area contributed by atoms with Crippen LogP contribution in [-0.4, -0.2) is 4.57 Å². The lowest BCUT2D eigenvalue weighted by atomic mass is 9.65. The first-order valence-electron chi connectivity index (χ1n) is 25.8. The largest absolute Gasteiger partial charge is 0.455 e. The van der Waals surface area contributed by atoms with Crippen molar-refractivity contribution < 1.29 is 4.42 Å². The Morgan fingerprint density at radius 1 is 0.405 bits per heavy atom. The van der Waals surface area contributed by atoms with E-state index in [0.717, 1.165) is 72.3 Å². The Morgan fingerprint density at radius 3 is 1.92 bits per heavy atom. The number of para-hydroxylation sites is 3. The van der Waals surface area contributed by atoms with Gasteiger partial charge in [-0.15, -0.1) is 0 Å². The molecule has 11 aromatic carbocycles. The van der Waals surface area contributed by atoms with Crippen molar-refractivity contribution in [2.75, 3.05) is 4.90 Å². The van der Waals surface area contributed by atoms with Crippen LogP contribution in [0.2, 0.25) is 0 Å². The SMILES string of the molecule is C1=CC2c3ccccc3C3(c4ccccc4-c4c(N(c5ccc(-c6cccc(-n7c8ccccc8c8ccccc87)c6)cc5)c5cccc(-c6cccc7c6oc6c8ccccc8ccc76)c5)cccc43)C2C=C1. The van der Waals surface area contributed by atoms with Gasteiger partial charge in [0.25, 0.3) is 0 Å². The number of fused-ring (bicyclic) bond motifs is 18. The van der Waals surface area contributed by atoms with Crippen molar-refractivity contribution in [2.45, 2.75) is 11.3 Å². The molecule has 74 heavy (non-hydrogen) atoms. The van der Waals surface area contributed by atoms with Crippen molar-refractivity contribution in [3.63, 3.8) is 0 Å². The zero-order valence-electron chi connectivity index (χ0n) is 40.4. The number of hydrogen-bond acceptors (Lipinski definition) is 2. The van der Waals surface area contributed by atoms with Crippen LogP contribution in [0.5, 0.6) is 0 Å². The first kappa shape index (κ1) is 41.2. The number of allylic oxidation sites excluding steroid dienone is 4. The predicted molar refractivity (Wildman–Crippen MR) is 307 cm³/mol. The number of hydrogen-bond donors (Lipinski definition) is 0. The molecule has 0 amide bonds. The van der Waals surface area contributed by atoms with Gasteiger partial charge < -0.3 is 13.9 Å². The van der Waals surface area contributed by atoms with Crippen LogP contribution in [-0.2, 0) is 5.41 Å². The zero-order chi connectivity index (χ0) is 48.5. The molecule has 1 spiro atoms. The minimum Gasteiger partial charge on any atom is -0.455 e. The van der Waals surface area contributed by atoms with E-state index >= 15 is 0 Å². The Morgan fingerprint density at radius 2 is 1.05 bits per heavy atom. The van der Waals surface area contributed by atoms with Gasteiger partial charge in [0.2, 0.25) is 0 Å². The van der Waals surface area contributed by atoms with Crippen LogP contribution in [0.4, 0.5) is 17.1 Å². The molecular weight excluding hydrogens is 897 g/mol. The maximum absolute atomic E-state index is 6.95. The Bertz CT molecular complexity index is 4470. The molecule has 0 bridgehead atoms. The molecule has 3 nitrogen and oxygen atoms in total. The van der Waals surface area contributed by atoms with Crippen LogP contribution >= 0.6 is 0 Å². The summed E-state index contributed by atoms with van der Waals surface area (Å²) in [5.74, 6) is 0.518. The van der Waals surface area contributed by atoms with Crippen LogP contribution < -0.4 is 4.90 Å². The highest BCUT2D eigenvalue weighted by Gasteiger charge is 2.57. The van der Waals surface area contributed by atoms with Gasteiger partial charge in [-0.3, -0.25) is 0 Å². The molecule has 0 aliphatic heterocycles. The maximum Gasteiger partial charge on any atom is 0.143 e. The molecule has 0 saturated carbocycles. The normalized spacial score (nSPS) is 17.1. The molecule has 3 atom stereocenters. The Balaban J connectivity index is 0.889. The Labute approximate surface area is 428 Å². The summed E-state index contributed by atoms with van der Waals surface area (Å²) >= 11 is 0. The molecule has 2 aromatic heterocycles. The van der Waals surface area contributed by atoms with Crippen molar-refractivity contribution >= 4 is 71.6 Å². The number of aromatic nitrogens is 1. The number of rotatable bonds is 6. The monoisotopic (exact) mass is 942 g/mol. The molecule has 0 fully saturated rings. The first-order valence-corrected chi connectivity index (χ1v) is 25.8.